The van der Waals surface area contributed by atoms with Gasteiger partial charge in [0.25, 0.3) is 5.91 Å². The number of halogens is 1. The molecule has 106 valence electrons. The van der Waals surface area contributed by atoms with Crippen LogP contribution in [0.25, 0.3) is 0 Å². The van der Waals surface area contributed by atoms with E-state index in [0.717, 1.165) is 11.3 Å². The number of nitrogens with one attached hydrogen (secondary N) is 2. The fraction of sp³-hybridized carbons (Fsp3) is 0.133. The van der Waals surface area contributed by atoms with Crippen molar-refractivity contribution in [3.8, 4) is 0 Å². The third kappa shape index (κ3) is 3.11. The van der Waals surface area contributed by atoms with Gasteiger partial charge in [0.15, 0.2) is 0 Å². The third-order valence-corrected chi connectivity index (χ3v) is 3.72. The monoisotopic (exact) mass is 345 g/mol. The van der Waals surface area contributed by atoms with Crippen molar-refractivity contribution in [1.82, 2.24) is 4.98 Å². The van der Waals surface area contributed by atoms with E-state index in [4.69, 9.17) is 0 Å². The minimum Gasteiger partial charge on any atom is -0.326 e. The van der Waals surface area contributed by atoms with Crippen molar-refractivity contribution in [1.29, 1.82) is 0 Å². The van der Waals surface area contributed by atoms with Crippen molar-refractivity contribution in [3.63, 3.8) is 0 Å². The summed E-state index contributed by atoms with van der Waals surface area (Å²) in [5.41, 5.74) is 2.96. The molecule has 0 fully saturated rings. The molecule has 6 heteroatoms. The second kappa shape index (κ2) is 5.65. The van der Waals surface area contributed by atoms with Crippen molar-refractivity contribution in [3.05, 3.63) is 52.3 Å². The van der Waals surface area contributed by atoms with Crippen LogP contribution in [0.1, 0.15) is 22.3 Å². The average molecular weight is 346 g/mol. The number of aromatic nitrogens is 1. The molecule has 0 saturated carbocycles. The average Bonchev–Trinajstić information content (AvgIpc) is 2.49. The summed E-state index contributed by atoms with van der Waals surface area (Å²) in [6.45, 7) is 0. The van der Waals surface area contributed by atoms with Gasteiger partial charge in [0.1, 0.15) is 4.60 Å². The topological polar surface area (TPSA) is 71.1 Å². The smallest absolute Gasteiger partial charge is 0.255 e. The number of anilines is 2. The Balaban J connectivity index is 1.79. The van der Waals surface area contributed by atoms with Crippen LogP contribution < -0.4 is 10.6 Å². The molecule has 0 unspecified atom stereocenters. The van der Waals surface area contributed by atoms with Gasteiger partial charge in [0.2, 0.25) is 5.91 Å². The van der Waals surface area contributed by atoms with Crippen molar-refractivity contribution < 1.29 is 9.59 Å². The molecule has 2 N–H and O–H groups in total. The van der Waals surface area contributed by atoms with E-state index in [9.17, 15) is 9.59 Å². The Labute approximate surface area is 129 Å². The highest BCUT2D eigenvalue weighted by atomic mass is 79.9. The molecule has 0 radical (unpaired) electrons. The number of rotatable bonds is 2. The number of carbonyl (C=O) groups is 2. The number of amides is 2. The molecule has 3 rings (SSSR count). The molecule has 0 aliphatic carbocycles. The van der Waals surface area contributed by atoms with Crippen LogP contribution in [0.2, 0.25) is 0 Å². The molecule has 0 atom stereocenters. The largest absolute Gasteiger partial charge is 0.326 e. The molecular formula is C15H12BrN3O2. The van der Waals surface area contributed by atoms with Crippen LogP contribution >= 0.6 is 15.9 Å². The molecule has 0 saturated heterocycles. The molecule has 2 heterocycles. The van der Waals surface area contributed by atoms with E-state index >= 15 is 0 Å². The Hall–Kier alpha value is -2.21. The van der Waals surface area contributed by atoms with E-state index < -0.39 is 0 Å². The lowest BCUT2D eigenvalue weighted by Crippen LogP contribution is -2.20. The molecule has 2 amide bonds. The van der Waals surface area contributed by atoms with E-state index in [2.05, 4.69) is 31.5 Å². The van der Waals surface area contributed by atoms with Gasteiger partial charge >= 0.3 is 0 Å². The first-order valence-corrected chi connectivity index (χ1v) is 7.27. The summed E-state index contributed by atoms with van der Waals surface area (Å²) in [4.78, 5) is 27.6. The van der Waals surface area contributed by atoms with Crippen molar-refractivity contribution >= 4 is 39.1 Å². The van der Waals surface area contributed by atoms with Crippen molar-refractivity contribution in [2.75, 3.05) is 10.6 Å². The summed E-state index contributed by atoms with van der Waals surface area (Å²) in [5, 5.41) is 5.59. The minimum atomic E-state index is -0.196. The first-order valence-electron chi connectivity index (χ1n) is 6.47. The van der Waals surface area contributed by atoms with E-state index in [1.54, 1.807) is 30.5 Å². The highest BCUT2D eigenvalue weighted by Crippen LogP contribution is 2.24. The first-order chi connectivity index (χ1) is 10.1. The highest BCUT2D eigenvalue weighted by Gasteiger charge is 2.16. The minimum absolute atomic E-state index is 0.0145. The van der Waals surface area contributed by atoms with Gasteiger partial charge in [-0.25, -0.2) is 4.98 Å². The van der Waals surface area contributed by atoms with Gasteiger partial charge in [0.05, 0.1) is 11.9 Å². The Morgan fingerprint density at radius 1 is 1.24 bits per heavy atom. The molecule has 1 aromatic carbocycles. The Bertz CT molecular complexity index is 713. The maximum atomic E-state index is 12.2. The van der Waals surface area contributed by atoms with Crippen molar-refractivity contribution in [2.24, 2.45) is 0 Å². The second-order valence-corrected chi connectivity index (χ2v) is 5.56. The number of pyridine rings is 1. The van der Waals surface area contributed by atoms with Crippen LogP contribution in [0.3, 0.4) is 0 Å². The van der Waals surface area contributed by atoms with E-state index in [0.29, 0.717) is 28.7 Å². The van der Waals surface area contributed by atoms with Gasteiger partial charge in [-0.05, 0) is 58.2 Å². The van der Waals surface area contributed by atoms with Gasteiger partial charge in [-0.3, -0.25) is 9.59 Å². The van der Waals surface area contributed by atoms with Gasteiger partial charge in [0, 0.05) is 17.7 Å². The molecule has 2 aromatic rings. The SMILES string of the molecule is O=C1CCc2cc(C(=O)Nc3ccc(Br)nc3)ccc2N1. The van der Waals surface area contributed by atoms with Crippen LogP contribution in [0.15, 0.2) is 41.1 Å². The van der Waals surface area contributed by atoms with Gasteiger partial charge < -0.3 is 10.6 Å². The Morgan fingerprint density at radius 2 is 2.10 bits per heavy atom. The van der Waals surface area contributed by atoms with Crippen LogP contribution in [0.5, 0.6) is 0 Å². The number of nitrogens with zero attached hydrogens (tertiary/aromatic N) is 1. The molecular weight excluding hydrogens is 334 g/mol. The lowest BCUT2D eigenvalue weighted by Gasteiger charge is -2.17. The molecule has 5 nitrogen and oxygen atoms in total. The standard InChI is InChI=1S/C15H12BrN3O2/c16-13-5-3-11(8-17-13)18-15(21)10-1-4-12-9(7-10)2-6-14(20)19-12/h1,3-5,7-8H,2,6H2,(H,18,21)(H,19,20). The van der Waals surface area contributed by atoms with Crippen LogP contribution in [0, 0.1) is 0 Å². The van der Waals surface area contributed by atoms with Crippen LogP contribution in [0.4, 0.5) is 11.4 Å². The summed E-state index contributed by atoms with van der Waals surface area (Å²) >= 11 is 3.24. The predicted octanol–water partition coefficient (Wildman–Crippen LogP) is 2.98. The molecule has 1 aliphatic heterocycles. The third-order valence-electron chi connectivity index (χ3n) is 3.25. The Morgan fingerprint density at radius 3 is 2.86 bits per heavy atom. The number of benzene rings is 1. The first kappa shape index (κ1) is 13.8. The fourth-order valence-electron chi connectivity index (χ4n) is 2.18. The highest BCUT2D eigenvalue weighted by molar-refractivity contribution is 9.10. The normalized spacial score (nSPS) is 13.3. The zero-order valence-electron chi connectivity index (χ0n) is 11.0. The zero-order chi connectivity index (χ0) is 14.8. The quantitative estimate of drug-likeness (QED) is 0.822. The molecule has 21 heavy (non-hydrogen) atoms. The van der Waals surface area contributed by atoms with Gasteiger partial charge in [-0.2, -0.15) is 0 Å². The van der Waals surface area contributed by atoms with Gasteiger partial charge in [-0.1, -0.05) is 0 Å². The zero-order valence-corrected chi connectivity index (χ0v) is 12.6. The lowest BCUT2D eigenvalue weighted by molar-refractivity contribution is -0.116. The number of fused-ring (bicyclic) bond motifs is 1. The molecule has 1 aliphatic rings. The van der Waals surface area contributed by atoms with E-state index in [1.165, 1.54) is 0 Å². The van der Waals surface area contributed by atoms with Crippen molar-refractivity contribution in [2.45, 2.75) is 12.8 Å². The second-order valence-electron chi connectivity index (χ2n) is 4.74. The summed E-state index contributed by atoms with van der Waals surface area (Å²) < 4.78 is 0.713. The molecule has 1 aromatic heterocycles. The maximum absolute atomic E-state index is 12.2. The Kier molecular flexibility index (Phi) is 3.70. The van der Waals surface area contributed by atoms with E-state index in [-0.39, 0.29) is 11.8 Å². The maximum Gasteiger partial charge on any atom is 0.255 e. The summed E-state index contributed by atoms with van der Waals surface area (Å²) in [6.07, 6.45) is 2.69. The van der Waals surface area contributed by atoms with Crippen LogP contribution in [-0.4, -0.2) is 16.8 Å². The number of carbonyl (C=O) groups excluding carboxylic acids is 2. The van der Waals surface area contributed by atoms with Gasteiger partial charge in [-0.15, -0.1) is 0 Å². The number of hydrogen-bond acceptors (Lipinski definition) is 3. The summed E-state index contributed by atoms with van der Waals surface area (Å²) in [5.74, 6) is -0.181. The van der Waals surface area contributed by atoms with E-state index in [1.807, 2.05) is 6.07 Å². The van der Waals surface area contributed by atoms with Crippen LogP contribution in [-0.2, 0) is 11.2 Å². The number of aryl methyl sites for hydroxylation is 1. The fourth-order valence-corrected chi connectivity index (χ4v) is 2.41. The summed E-state index contributed by atoms with van der Waals surface area (Å²) in [7, 11) is 0. The lowest BCUT2D eigenvalue weighted by atomic mass is 10.00. The summed E-state index contributed by atoms with van der Waals surface area (Å²) in [6, 6.07) is 8.81. The molecule has 0 bridgehead atoms. The molecule has 0 spiro atoms. The predicted molar refractivity (Wildman–Crippen MR) is 83.3 cm³/mol. The number of hydrogen-bond donors (Lipinski definition) is 2.